The molecule has 8 nitrogen and oxygen atoms in total. The van der Waals surface area contributed by atoms with Gasteiger partial charge in [0.1, 0.15) is 5.82 Å². The molecule has 0 spiro atoms. The molecule has 3 aromatic rings. The molecular formula is C27H31Cl2N5O3. The van der Waals surface area contributed by atoms with Gasteiger partial charge in [0, 0.05) is 18.0 Å². The maximum absolute atomic E-state index is 12.9. The molecule has 3 N–H and O–H groups in total. The fraction of sp³-hybridized carbons (Fsp3) is 0.370. The number of aromatic nitrogens is 2. The summed E-state index contributed by atoms with van der Waals surface area (Å²) in [5.41, 5.74) is 2.43. The Kier molecular flexibility index (Phi) is 8.11. The minimum absolute atomic E-state index is 0.0133. The van der Waals surface area contributed by atoms with Gasteiger partial charge < -0.3 is 15.3 Å². The van der Waals surface area contributed by atoms with Gasteiger partial charge in [-0.05, 0) is 42.7 Å². The molecule has 10 heteroatoms. The summed E-state index contributed by atoms with van der Waals surface area (Å²) < 4.78 is 1.65. The van der Waals surface area contributed by atoms with Crippen molar-refractivity contribution in [1.82, 2.24) is 14.7 Å². The van der Waals surface area contributed by atoms with Crippen molar-refractivity contribution in [2.75, 3.05) is 23.8 Å². The van der Waals surface area contributed by atoms with Gasteiger partial charge in [-0.25, -0.2) is 9.48 Å². The highest BCUT2D eigenvalue weighted by atomic mass is 35.5. The molecule has 1 aliphatic rings. The zero-order chi connectivity index (χ0) is 26.7. The fourth-order valence-electron chi connectivity index (χ4n) is 4.33. The lowest BCUT2D eigenvalue weighted by atomic mass is 9.92. The van der Waals surface area contributed by atoms with Crippen molar-refractivity contribution in [1.29, 1.82) is 0 Å². The first-order chi connectivity index (χ1) is 17.6. The number of carbonyl (C=O) groups is 2. The number of urea groups is 1. The van der Waals surface area contributed by atoms with Crippen LogP contribution in [0.25, 0.3) is 5.69 Å². The standard InChI is InChI=1S/C27H31Cl2N5O3/c1-27(2,3)22-15-23(31-26(37)30-21-11-5-10-20(28)25(21)29)34(32-22)18-8-4-7-17(13-18)14-24(36)33-12-6-9-19(33)16-35/h4-5,7-8,10-11,13,15,19,35H,6,9,12,14,16H2,1-3H3,(H2,30,31,37). The Morgan fingerprint density at radius 2 is 1.86 bits per heavy atom. The van der Waals surface area contributed by atoms with Crippen molar-refractivity contribution in [3.63, 3.8) is 0 Å². The summed E-state index contributed by atoms with van der Waals surface area (Å²) in [5.74, 6) is 0.449. The largest absolute Gasteiger partial charge is 0.394 e. The zero-order valence-corrected chi connectivity index (χ0v) is 22.6. The van der Waals surface area contributed by atoms with Crippen LogP contribution < -0.4 is 10.6 Å². The first-order valence-corrected chi connectivity index (χ1v) is 12.9. The Balaban J connectivity index is 1.59. The number of hydrogen-bond donors (Lipinski definition) is 3. The second kappa shape index (κ2) is 11.1. The molecule has 2 aromatic carbocycles. The van der Waals surface area contributed by atoms with Crippen LogP contribution >= 0.6 is 23.2 Å². The van der Waals surface area contributed by atoms with Crippen LogP contribution in [0.5, 0.6) is 0 Å². The van der Waals surface area contributed by atoms with E-state index >= 15 is 0 Å². The smallest absolute Gasteiger partial charge is 0.324 e. The highest BCUT2D eigenvalue weighted by Gasteiger charge is 2.28. The van der Waals surface area contributed by atoms with E-state index in [2.05, 4.69) is 10.6 Å². The minimum Gasteiger partial charge on any atom is -0.394 e. The molecule has 1 saturated heterocycles. The van der Waals surface area contributed by atoms with E-state index in [9.17, 15) is 14.7 Å². The molecule has 4 rings (SSSR count). The van der Waals surface area contributed by atoms with Crippen molar-refractivity contribution in [3.05, 3.63) is 69.8 Å². The Bertz CT molecular complexity index is 1300. The second-order valence-electron chi connectivity index (χ2n) is 10.2. The van der Waals surface area contributed by atoms with Gasteiger partial charge in [-0.1, -0.05) is 62.2 Å². The third-order valence-corrected chi connectivity index (χ3v) is 7.16. The number of aliphatic hydroxyl groups excluding tert-OH is 1. The number of benzene rings is 2. The van der Waals surface area contributed by atoms with E-state index in [1.807, 2.05) is 51.1 Å². The first-order valence-electron chi connectivity index (χ1n) is 12.2. The van der Waals surface area contributed by atoms with Crippen LogP contribution in [0.4, 0.5) is 16.3 Å². The third-order valence-electron chi connectivity index (χ3n) is 6.34. The van der Waals surface area contributed by atoms with Crippen molar-refractivity contribution < 1.29 is 14.7 Å². The lowest BCUT2D eigenvalue weighted by Gasteiger charge is -2.23. The SMILES string of the molecule is CC(C)(C)c1cc(NC(=O)Nc2cccc(Cl)c2Cl)n(-c2cccc(CC(=O)N3CCCC3CO)c2)n1. The normalized spacial score (nSPS) is 15.6. The number of anilines is 2. The molecule has 1 aliphatic heterocycles. The van der Waals surface area contributed by atoms with Crippen LogP contribution in [-0.2, 0) is 16.6 Å². The number of rotatable bonds is 6. The van der Waals surface area contributed by atoms with Crippen LogP contribution in [0.15, 0.2) is 48.5 Å². The number of aliphatic hydroxyl groups is 1. The van der Waals surface area contributed by atoms with Gasteiger partial charge in [-0.3, -0.25) is 10.1 Å². The predicted molar refractivity (Wildman–Crippen MR) is 147 cm³/mol. The molecule has 2 heterocycles. The maximum Gasteiger partial charge on any atom is 0.324 e. The molecule has 1 fully saturated rings. The molecule has 3 amide bonds. The molecule has 196 valence electrons. The maximum atomic E-state index is 12.9. The number of carbonyl (C=O) groups excluding carboxylic acids is 2. The lowest BCUT2D eigenvalue weighted by Crippen LogP contribution is -2.38. The van der Waals surface area contributed by atoms with Crippen LogP contribution in [0.1, 0.15) is 44.9 Å². The Labute approximate surface area is 226 Å². The van der Waals surface area contributed by atoms with Crippen LogP contribution in [0.3, 0.4) is 0 Å². The van der Waals surface area contributed by atoms with Gasteiger partial charge >= 0.3 is 6.03 Å². The van der Waals surface area contributed by atoms with Crippen molar-refractivity contribution in [2.45, 2.75) is 51.5 Å². The monoisotopic (exact) mass is 543 g/mol. The van der Waals surface area contributed by atoms with Gasteiger partial charge in [0.25, 0.3) is 0 Å². The average molecular weight is 544 g/mol. The number of likely N-dealkylation sites (tertiary alicyclic amines) is 1. The van der Waals surface area contributed by atoms with Crippen molar-refractivity contribution >= 4 is 46.6 Å². The molecule has 1 atom stereocenters. The van der Waals surface area contributed by atoms with Crippen molar-refractivity contribution in [2.24, 2.45) is 0 Å². The van der Waals surface area contributed by atoms with Gasteiger partial charge in [0.2, 0.25) is 5.91 Å². The third kappa shape index (κ3) is 6.26. The van der Waals surface area contributed by atoms with Gasteiger partial charge in [-0.15, -0.1) is 0 Å². The van der Waals surface area contributed by atoms with Crippen LogP contribution in [0, 0.1) is 0 Å². The molecule has 0 saturated carbocycles. The van der Waals surface area contributed by atoms with E-state index in [1.165, 1.54) is 0 Å². The highest BCUT2D eigenvalue weighted by molar-refractivity contribution is 6.44. The summed E-state index contributed by atoms with van der Waals surface area (Å²) in [6.07, 6.45) is 1.94. The number of nitrogens with zero attached hydrogens (tertiary/aromatic N) is 3. The summed E-state index contributed by atoms with van der Waals surface area (Å²) in [7, 11) is 0. The fourth-order valence-corrected chi connectivity index (χ4v) is 4.68. The molecular weight excluding hydrogens is 513 g/mol. The lowest BCUT2D eigenvalue weighted by molar-refractivity contribution is -0.131. The first kappa shape index (κ1) is 27.0. The van der Waals surface area contributed by atoms with Gasteiger partial charge in [0.05, 0.1) is 46.2 Å². The summed E-state index contributed by atoms with van der Waals surface area (Å²) in [4.78, 5) is 27.5. The molecule has 0 radical (unpaired) electrons. The van der Waals surface area contributed by atoms with Crippen LogP contribution in [-0.4, -0.2) is 50.9 Å². The highest BCUT2D eigenvalue weighted by Crippen LogP contribution is 2.30. The van der Waals surface area contributed by atoms with E-state index in [0.29, 0.717) is 28.8 Å². The molecule has 0 bridgehead atoms. The molecule has 1 unspecified atom stereocenters. The minimum atomic E-state index is -0.499. The van der Waals surface area contributed by atoms with E-state index in [-0.39, 0.29) is 35.4 Å². The van der Waals surface area contributed by atoms with E-state index in [4.69, 9.17) is 28.3 Å². The molecule has 1 aromatic heterocycles. The van der Waals surface area contributed by atoms with E-state index in [0.717, 1.165) is 24.1 Å². The number of halogens is 2. The second-order valence-corrected chi connectivity index (χ2v) is 11.0. The van der Waals surface area contributed by atoms with E-state index in [1.54, 1.807) is 27.8 Å². The van der Waals surface area contributed by atoms with Gasteiger partial charge in [-0.2, -0.15) is 5.10 Å². The summed E-state index contributed by atoms with van der Waals surface area (Å²) in [6.45, 7) is 6.76. The average Bonchev–Trinajstić information content (AvgIpc) is 3.49. The number of amides is 3. The van der Waals surface area contributed by atoms with Crippen molar-refractivity contribution in [3.8, 4) is 5.69 Å². The number of hydrogen-bond acceptors (Lipinski definition) is 4. The Morgan fingerprint density at radius 1 is 1.11 bits per heavy atom. The Hall–Kier alpha value is -3.07. The summed E-state index contributed by atoms with van der Waals surface area (Å²) in [6, 6.07) is 13.7. The topological polar surface area (TPSA) is 99.5 Å². The predicted octanol–water partition coefficient (Wildman–Crippen LogP) is 5.65. The number of nitrogens with one attached hydrogen (secondary N) is 2. The van der Waals surface area contributed by atoms with Gasteiger partial charge in [0.15, 0.2) is 0 Å². The molecule has 0 aliphatic carbocycles. The summed E-state index contributed by atoms with van der Waals surface area (Å²) >= 11 is 12.3. The van der Waals surface area contributed by atoms with E-state index < -0.39 is 6.03 Å². The quantitative estimate of drug-likeness (QED) is 0.374. The van der Waals surface area contributed by atoms with Crippen LogP contribution in [0.2, 0.25) is 10.0 Å². The molecule has 37 heavy (non-hydrogen) atoms. The zero-order valence-electron chi connectivity index (χ0n) is 21.1. The summed E-state index contributed by atoms with van der Waals surface area (Å²) in [5, 5.41) is 20.5. The Morgan fingerprint density at radius 3 is 2.59 bits per heavy atom.